The summed E-state index contributed by atoms with van der Waals surface area (Å²) >= 11 is 6.08. The van der Waals surface area contributed by atoms with Gasteiger partial charge in [-0.25, -0.2) is 13.6 Å². The van der Waals surface area contributed by atoms with E-state index >= 15 is 0 Å². The number of benzene rings is 2. The van der Waals surface area contributed by atoms with Crippen LogP contribution >= 0.6 is 11.6 Å². The molecule has 0 radical (unpaired) electrons. The van der Waals surface area contributed by atoms with E-state index in [9.17, 15) is 8.42 Å². The summed E-state index contributed by atoms with van der Waals surface area (Å²) in [5, 5.41) is 5.86. The maximum absolute atomic E-state index is 11.3. The van der Waals surface area contributed by atoms with E-state index in [1.54, 1.807) is 19.2 Å². The molecule has 2 atom stereocenters. The highest BCUT2D eigenvalue weighted by Crippen LogP contribution is 2.44. The molecule has 4 nitrogen and oxygen atoms in total. The van der Waals surface area contributed by atoms with Crippen LogP contribution in [0.5, 0.6) is 5.75 Å². The highest BCUT2D eigenvalue weighted by Gasteiger charge is 2.36. The molecule has 0 heterocycles. The van der Waals surface area contributed by atoms with Crippen molar-refractivity contribution in [3.8, 4) is 5.75 Å². The summed E-state index contributed by atoms with van der Waals surface area (Å²) in [7, 11) is -1.94. The number of hydrogen-bond acceptors (Lipinski definition) is 3. The molecule has 0 aromatic heterocycles. The quantitative estimate of drug-likeness (QED) is 0.795. The molecule has 2 unspecified atom stereocenters. The molecule has 0 saturated heterocycles. The smallest absolute Gasteiger partial charge is 0.238 e. The lowest BCUT2D eigenvalue weighted by Crippen LogP contribution is -2.11. The lowest BCUT2D eigenvalue weighted by molar-refractivity contribution is 0.408. The van der Waals surface area contributed by atoms with Gasteiger partial charge in [-0.15, -0.1) is 0 Å². The van der Waals surface area contributed by atoms with Crippen LogP contribution < -0.4 is 9.88 Å². The third-order valence-electron chi connectivity index (χ3n) is 4.85. The number of methoxy groups -OCH3 is 1. The summed E-state index contributed by atoms with van der Waals surface area (Å²) in [6.07, 6.45) is 4.24. The van der Waals surface area contributed by atoms with Crippen LogP contribution in [0.1, 0.15) is 24.0 Å². The summed E-state index contributed by atoms with van der Waals surface area (Å²) in [4.78, 5) is 0.164. The molecule has 0 spiro atoms. The minimum Gasteiger partial charge on any atom is -0.496 e. The number of halogens is 1. The molecule has 2 aromatic carbocycles. The maximum Gasteiger partial charge on any atom is 0.238 e. The zero-order chi connectivity index (χ0) is 18.0. The summed E-state index contributed by atoms with van der Waals surface area (Å²) < 4.78 is 28.0. The van der Waals surface area contributed by atoms with Crippen molar-refractivity contribution >= 4 is 21.6 Å². The molecule has 3 rings (SSSR count). The molecule has 0 amide bonds. The molecule has 1 aliphatic rings. The van der Waals surface area contributed by atoms with E-state index in [-0.39, 0.29) is 4.90 Å². The first-order valence-corrected chi connectivity index (χ1v) is 10.2. The van der Waals surface area contributed by atoms with Crippen LogP contribution in [0.2, 0.25) is 5.02 Å². The van der Waals surface area contributed by atoms with Crippen molar-refractivity contribution in [3.63, 3.8) is 0 Å². The van der Waals surface area contributed by atoms with Crippen LogP contribution in [-0.4, -0.2) is 15.5 Å². The Morgan fingerprint density at radius 3 is 2.52 bits per heavy atom. The van der Waals surface area contributed by atoms with Gasteiger partial charge in [0.05, 0.1) is 12.0 Å². The average Bonchev–Trinajstić information content (AvgIpc) is 3.30. The number of ether oxygens (including phenoxy) is 1. The molecule has 134 valence electrons. The fourth-order valence-corrected chi connectivity index (χ4v) is 4.03. The minimum absolute atomic E-state index is 0.164. The van der Waals surface area contributed by atoms with Gasteiger partial charge < -0.3 is 4.74 Å². The van der Waals surface area contributed by atoms with Crippen molar-refractivity contribution in [2.75, 3.05) is 7.11 Å². The van der Waals surface area contributed by atoms with Crippen molar-refractivity contribution in [2.24, 2.45) is 17.0 Å². The summed E-state index contributed by atoms with van der Waals surface area (Å²) in [6, 6.07) is 12.6. The molecule has 25 heavy (non-hydrogen) atoms. The molecule has 1 saturated carbocycles. The number of primary sulfonamides is 1. The van der Waals surface area contributed by atoms with Crippen LogP contribution in [0.15, 0.2) is 47.4 Å². The fourth-order valence-electron chi connectivity index (χ4n) is 3.32. The van der Waals surface area contributed by atoms with Crippen LogP contribution in [-0.2, 0) is 22.9 Å². The van der Waals surface area contributed by atoms with Crippen LogP contribution in [0.4, 0.5) is 0 Å². The Morgan fingerprint density at radius 2 is 1.88 bits per heavy atom. The standard InChI is InChI=1S/C19H22ClNO3S/c1-24-19-9-6-17(20)12-15(19)5-4-14-11-16(14)10-13-2-7-18(8-3-13)25(21,22)23/h2-3,6-9,12,14,16H,4-5,10-11H2,1H3,(H2,21,22,23). The first-order valence-electron chi connectivity index (χ1n) is 8.31. The van der Waals surface area contributed by atoms with Gasteiger partial charge in [-0.2, -0.15) is 0 Å². The molecule has 2 N–H and O–H groups in total. The van der Waals surface area contributed by atoms with Gasteiger partial charge in [-0.1, -0.05) is 23.7 Å². The number of aryl methyl sites for hydroxylation is 1. The Morgan fingerprint density at radius 1 is 1.16 bits per heavy atom. The van der Waals surface area contributed by atoms with Gasteiger partial charge in [-0.3, -0.25) is 0 Å². The van der Waals surface area contributed by atoms with E-state index in [1.807, 2.05) is 30.3 Å². The molecular weight excluding hydrogens is 358 g/mol. The lowest BCUT2D eigenvalue weighted by atomic mass is 10.0. The SMILES string of the molecule is COc1ccc(Cl)cc1CCC1CC1Cc1ccc(S(N)(=O)=O)cc1. The van der Waals surface area contributed by atoms with E-state index in [2.05, 4.69) is 0 Å². The highest BCUT2D eigenvalue weighted by molar-refractivity contribution is 7.89. The maximum atomic E-state index is 11.3. The van der Waals surface area contributed by atoms with Crippen molar-refractivity contribution in [3.05, 3.63) is 58.6 Å². The van der Waals surface area contributed by atoms with Gasteiger partial charge in [0.1, 0.15) is 5.75 Å². The molecule has 1 fully saturated rings. The van der Waals surface area contributed by atoms with Gasteiger partial charge >= 0.3 is 0 Å². The van der Waals surface area contributed by atoms with Crippen molar-refractivity contribution in [1.29, 1.82) is 0 Å². The molecule has 1 aliphatic carbocycles. The highest BCUT2D eigenvalue weighted by atomic mass is 35.5. The third kappa shape index (κ3) is 4.75. The zero-order valence-corrected chi connectivity index (χ0v) is 15.7. The Bertz CT molecular complexity index is 849. The van der Waals surface area contributed by atoms with Crippen molar-refractivity contribution in [1.82, 2.24) is 0 Å². The molecular formula is C19H22ClNO3S. The Balaban J connectivity index is 1.53. The van der Waals surface area contributed by atoms with E-state index in [4.69, 9.17) is 21.5 Å². The molecule has 0 aliphatic heterocycles. The van der Waals surface area contributed by atoms with Gasteiger partial charge in [0.25, 0.3) is 0 Å². The minimum atomic E-state index is -3.62. The van der Waals surface area contributed by atoms with Crippen LogP contribution in [0.25, 0.3) is 0 Å². The molecule has 6 heteroatoms. The molecule has 2 aromatic rings. The predicted octanol–water partition coefficient (Wildman–Crippen LogP) is 3.81. The first kappa shape index (κ1) is 18.2. The van der Waals surface area contributed by atoms with E-state index < -0.39 is 10.0 Å². The Labute approximate surface area is 154 Å². The second-order valence-corrected chi connectivity index (χ2v) is 8.64. The van der Waals surface area contributed by atoms with E-state index in [0.29, 0.717) is 11.8 Å². The third-order valence-corrected chi connectivity index (χ3v) is 6.01. The number of nitrogens with two attached hydrogens (primary N) is 1. The van der Waals surface area contributed by atoms with Gasteiger partial charge in [0.2, 0.25) is 10.0 Å². The number of sulfonamides is 1. The first-order chi connectivity index (χ1) is 11.9. The van der Waals surface area contributed by atoms with Crippen molar-refractivity contribution in [2.45, 2.75) is 30.6 Å². The second-order valence-electron chi connectivity index (χ2n) is 6.64. The monoisotopic (exact) mass is 379 g/mol. The van der Waals surface area contributed by atoms with E-state index in [0.717, 1.165) is 41.2 Å². The lowest BCUT2D eigenvalue weighted by Gasteiger charge is -2.09. The van der Waals surface area contributed by atoms with Crippen molar-refractivity contribution < 1.29 is 13.2 Å². The topological polar surface area (TPSA) is 69.4 Å². The summed E-state index contributed by atoms with van der Waals surface area (Å²) in [5.74, 6) is 2.24. The summed E-state index contributed by atoms with van der Waals surface area (Å²) in [5.41, 5.74) is 2.30. The fraction of sp³-hybridized carbons (Fsp3) is 0.368. The zero-order valence-electron chi connectivity index (χ0n) is 14.1. The van der Waals surface area contributed by atoms with E-state index in [1.165, 1.54) is 6.42 Å². The van der Waals surface area contributed by atoms with Gasteiger partial charge in [0.15, 0.2) is 0 Å². The van der Waals surface area contributed by atoms with Crippen LogP contribution in [0.3, 0.4) is 0 Å². The summed E-state index contributed by atoms with van der Waals surface area (Å²) in [6.45, 7) is 0. The van der Waals surface area contributed by atoms with Crippen LogP contribution in [0, 0.1) is 11.8 Å². The van der Waals surface area contributed by atoms with Gasteiger partial charge in [-0.05, 0) is 79.0 Å². The number of rotatable bonds is 7. The largest absolute Gasteiger partial charge is 0.496 e. The normalized spacial score (nSPS) is 19.6. The second kappa shape index (κ2) is 7.36. The Kier molecular flexibility index (Phi) is 5.37. The molecule has 0 bridgehead atoms. The average molecular weight is 380 g/mol. The van der Waals surface area contributed by atoms with Gasteiger partial charge in [0, 0.05) is 5.02 Å². The Hall–Kier alpha value is -1.56. The predicted molar refractivity (Wildman–Crippen MR) is 99.4 cm³/mol. The number of hydrogen-bond donors (Lipinski definition) is 1.